The first kappa shape index (κ1) is 31.7. The van der Waals surface area contributed by atoms with Crippen LogP contribution in [0.3, 0.4) is 0 Å². The number of carbonyl (C=O) groups excluding carboxylic acids is 3. The normalized spacial score (nSPS) is 16.8. The van der Waals surface area contributed by atoms with Gasteiger partial charge in [0.25, 0.3) is 0 Å². The molecule has 1 fully saturated rings. The van der Waals surface area contributed by atoms with Gasteiger partial charge in [0.1, 0.15) is 12.4 Å². The third-order valence-electron chi connectivity index (χ3n) is 7.40. The van der Waals surface area contributed by atoms with E-state index in [1.54, 1.807) is 29.2 Å². The molecule has 2 amide bonds. The van der Waals surface area contributed by atoms with Gasteiger partial charge in [-0.25, -0.2) is 4.39 Å². The van der Waals surface area contributed by atoms with E-state index in [2.05, 4.69) is 18.5 Å². The highest BCUT2D eigenvalue weighted by Crippen LogP contribution is 2.24. The van der Waals surface area contributed by atoms with Crippen LogP contribution in [-0.4, -0.2) is 59.6 Å². The molecule has 1 aliphatic rings. The molecular formula is C33H41FN2O5. The summed E-state index contributed by atoms with van der Waals surface area (Å²) < 4.78 is 19.0. The van der Waals surface area contributed by atoms with Crippen molar-refractivity contribution in [2.45, 2.75) is 57.0 Å². The maximum atomic E-state index is 13.5. The lowest BCUT2D eigenvalue weighted by molar-refractivity contribution is -0.152. The summed E-state index contributed by atoms with van der Waals surface area (Å²) in [6.45, 7) is 7.88. The van der Waals surface area contributed by atoms with Crippen LogP contribution in [0.2, 0.25) is 0 Å². The Labute approximate surface area is 242 Å². The van der Waals surface area contributed by atoms with Crippen molar-refractivity contribution in [3.05, 3.63) is 96.9 Å². The Bertz CT molecular complexity index is 1150. The molecule has 3 rings (SSSR count). The number of allylic oxidation sites excluding steroid dienone is 2. The number of carbonyl (C=O) groups is 3. The molecular weight excluding hydrogens is 523 g/mol. The highest BCUT2D eigenvalue weighted by atomic mass is 19.1. The first-order valence-electron chi connectivity index (χ1n) is 14.2. The van der Waals surface area contributed by atoms with Gasteiger partial charge in [0.2, 0.25) is 11.8 Å². The minimum atomic E-state index is -0.605. The number of rotatable bonds is 16. The van der Waals surface area contributed by atoms with E-state index in [1.807, 2.05) is 30.3 Å². The zero-order valence-electron chi connectivity index (χ0n) is 23.6. The maximum Gasteiger partial charge on any atom is 0.309 e. The molecule has 41 heavy (non-hydrogen) atoms. The molecule has 1 aliphatic heterocycles. The fourth-order valence-electron chi connectivity index (χ4n) is 5.24. The summed E-state index contributed by atoms with van der Waals surface area (Å²) in [7, 11) is 0. The molecule has 2 N–H and O–H groups in total. The number of nitrogens with one attached hydrogen (secondary N) is 1. The summed E-state index contributed by atoms with van der Waals surface area (Å²) in [6.07, 6.45) is 6.35. The second-order valence-electron chi connectivity index (χ2n) is 10.6. The summed E-state index contributed by atoms with van der Waals surface area (Å²) in [6, 6.07) is 14.9. The van der Waals surface area contributed by atoms with Gasteiger partial charge in [0.15, 0.2) is 0 Å². The largest absolute Gasteiger partial charge is 0.463 e. The molecule has 2 aromatic carbocycles. The third kappa shape index (κ3) is 9.97. The van der Waals surface area contributed by atoms with Crippen LogP contribution in [-0.2, 0) is 32.0 Å². The standard InChI is InChI=1S/C33H41FN2O5/c1-3-9-26(21-31(38)35-29(22-37)20-24-11-6-5-7-12-24)32(39)36-18-8-13-30(36)23-41-33(40)27(10-4-2)19-25-14-16-28(34)17-15-25/h3-7,11-12,14-17,26-27,29-30,37H,1-2,8-10,13,18-23H2,(H,35,38)/t26-,27-,29-,30-/m0/s1. The van der Waals surface area contributed by atoms with E-state index >= 15 is 0 Å². The van der Waals surface area contributed by atoms with Gasteiger partial charge in [-0.2, -0.15) is 0 Å². The van der Waals surface area contributed by atoms with Crippen molar-refractivity contribution in [1.29, 1.82) is 0 Å². The fourth-order valence-corrected chi connectivity index (χ4v) is 5.24. The molecule has 220 valence electrons. The first-order valence-corrected chi connectivity index (χ1v) is 14.2. The Morgan fingerprint density at radius 2 is 1.66 bits per heavy atom. The lowest BCUT2D eigenvalue weighted by Crippen LogP contribution is -2.45. The van der Waals surface area contributed by atoms with Crippen molar-refractivity contribution >= 4 is 17.8 Å². The molecule has 1 saturated heterocycles. The van der Waals surface area contributed by atoms with E-state index in [-0.39, 0.29) is 49.3 Å². The Morgan fingerprint density at radius 3 is 2.32 bits per heavy atom. The summed E-state index contributed by atoms with van der Waals surface area (Å²) >= 11 is 0. The minimum Gasteiger partial charge on any atom is -0.463 e. The van der Waals surface area contributed by atoms with Crippen molar-refractivity contribution in [3.8, 4) is 0 Å². The maximum absolute atomic E-state index is 13.5. The average molecular weight is 565 g/mol. The molecule has 1 heterocycles. The number of ether oxygens (including phenoxy) is 1. The van der Waals surface area contributed by atoms with Gasteiger partial charge < -0.3 is 20.1 Å². The van der Waals surface area contributed by atoms with Crippen LogP contribution in [0.1, 0.15) is 43.2 Å². The zero-order valence-corrected chi connectivity index (χ0v) is 23.6. The molecule has 0 saturated carbocycles. The van der Waals surface area contributed by atoms with Gasteiger partial charge in [0.05, 0.1) is 30.5 Å². The Kier molecular flexibility index (Phi) is 12.8. The van der Waals surface area contributed by atoms with Crippen LogP contribution in [0, 0.1) is 17.7 Å². The number of halogens is 1. The third-order valence-corrected chi connectivity index (χ3v) is 7.40. The highest BCUT2D eigenvalue weighted by molar-refractivity contribution is 5.86. The van der Waals surface area contributed by atoms with Gasteiger partial charge in [-0.05, 0) is 61.8 Å². The van der Waals surface area contributed by atoms with Crippen molar-refractivity contribution < 1.29 is 28.6 Å². The molecule has 0 aromatic heterocycles. The number of likely N-dealkylation sites (tertiary alicyclic amines) is 1. The Morgan fingerprint density at radius 1 is 1.00 bits per heavy atom. The van der Waals surface area contributed by atoms with E-state index in [1.165, 1.54) is 12.1 Å². The summed E-state index contributed by atoms with van der Waals surface area (Å²) in [5.41, 5.74) is 1.82. The van der Waals surface area contributed by atoms with E-state index < -0.39 is 17.9 Å². The molecule has 0 unspecified atom stereocenters. The summed E-state index contributed by atoms with van der Waals surface area (Å²) in [4.78, 5) is 41.1. The van der Waals surface area contributed by atoms with Crippen molar-refractivity contribution in [2.24, 2.45) is 11.8 Å². The SMILES string of the molecule is C=CC[C@@H](Cc1ccc(F)cc1)C(=O)OC[C@@H]1CCCN1C(=O)[C@@H](CC=C)CC(=O)N[C@H](CO)Cc1ccccc1. The van der Waals surface area contributed by atoms with Gasteiger partial charge in [-0.3, -0.25) is 14.4 Å². The number of esters is 1. The molecule has 7 nitrogen and oxygen atoms in total. The van der Waals surface area contributed by atoms with Crippen LogP contribution in [0.15, 0.2) is 79.9 Å². The second-order valence-corrected chi connectivity index (χ2v) is 10.6. The molecule has 2 aromatic rings. The van der Waals surface area contributed by atoms with Gasteiger partial charge in [-0.1, -0.05) is 54.6 Å². The van der Waals surface area contributed by atoms with Crippen LogP contribution < -0.4 is 5.32 Å². The smallest absolute Gasteiger partial charge is 0.309 e. The number of hydrogen-bond acceptors (Lipinski definition) is 5. The number of nitrogens with zero attached hydrogens (tertiary/aromatic N) is 1. The van der Waals surface area contributed by atoms with Crippen LogP contribution >= 0.6 is 0 Å². The summed E-state index contributed by atoms with van der Waals surface area (Å²) in [5, 5.41) is 12.6. The molecule has 0 radical (unpaired) electrons. The van der Waals surface area contributed by atoms with Crippen molar-refractivity contribution in [1.82, 2.24) is 10.2 Å². The molecule has 0 aliphatic carbocycles. The first-order chi connectivity index (χ1) is 19.8. The fraction of sp³-hybridized carbons (Fsp3) is 0.424. The average Bonchev–Trinajstić information content (AvgIpc) is 3.45. The van der Waals surface area contributed by atoms with E-state index in [4.69, 9.17) is 4.74 Å². The van der Waals surface area contributed by atoms with Crippen molar-refractivity contribution in [2.75, 3.05) is 19.8 Å². The molecule has 4 atom stereocenters. The topological polar surface area (TPSA) is 95.9 Å². The van der Waals surface area contributed by atoms with Crippen LogP contribution in [0.4, 0.5) is 4.39 Å². The monoisotopic (exact) mass is 564 g/mol. The van der Waals surface area contributed by atoms with Crippen LogP contribution in [0.25, 0.3) is 0 Å². The zero-order chi connectivity index (χ0) is 29.6. The van der Waals surface area contributed by atoms with E-state index in [0.717, 1.165) is 17.5 Å². The Balaban J connectivity index is 1.56. The van der Waals surface area contributed by atoms with Gasteiger partial charge in [0, 0.05) is 13.0 Å². The lowest BCUT2D eigenvalue weighted by Gasteiger charge is -2.29. The number of amides is 2. The number of aliphatic hydroxyl groups is 1. The van der Waals surface area contributed by atoms with Gasteiger partial charge in [-0.15, -0.1) is 13.2 Å². The number of aliphatic hydroxyl groups excluding tert-OH is 1. The van der Waals surface area contributed by atoms with Crippen LogP contribution in [0.5, 0.6) is 0 Å². The lowest BCUT2D eigenvalue weighted by atomic mass is 9.96. The summed E-state index contributed by atoms with van der Waals surface area (Å²) in [5.74, 6) is -2.27. The van der Waals surface area contributed by atoms with E-state index in [0.29, 0.717) is 38.6 Å². The number of benzene rings is 2. The predicted molar refractivity (Wildman–Crippen MR) is 156 cm³/mol. The molecule has 8 heteroatoms. The highest BCUT2D eigenvalue weighted by Gasteiger charge is 2.35. The van der Waals surface area contributed by atoms with E-state index in [9.17, 15) is 23.9 Å². The quantitative estimate of drug-likeness (QED) is 0.233. The predicted octanol–water partition coefficient (Wildman–Crippen LogP) is 4.40. The minimum absolute atomic E-state index is 0.0295. The molecule has 0 bridgehead atoms. The van der Waals surface area contributed by atoms with Crippen molar-refractivity contribution in [3.63, 3.8) is 0 Å². The van der Waals surface area contributed by atoms with Gasteiger partial charge >= 0.3 is 5.97 Å². The number of hydrogen-bond donors (Lipinski definition) is 2. The Hall–Kier alpha value is -3.78. The second kappa shape index (κ2) is 16.5. The molecule has 0 spiro atoms.